The van der Waals surface area contributed by atoms with Crippen LogP contribution in [0.5, 0.6) is 0 Å². The number of carbonyl (C=O) groups excluding carboxylic acids is 3. The zero-order valence-electron chi connectivity index (χ0n) is 12.9. The Morgan fingerprint density at radius 3 is 2.75 bits per heavy atom. The summed E-state index contributed by atoms with van der Waals surface area (Å²) < 4.78 is 0.957. The Morgan fingerprint density at radius 2 is 2.04 bits per heavy atom. The van der Waals surface area contributed by atoms with Gasteiger partial charge in [-0.2, -0.15) is 0 Å². The third-order valence-corrected chi connectivity index (χ3v) is 4.62. The minimum atomic E-state index is -0.456. The van der Waals surface area contributed by atoms with Crippen LogP contribution in [-0.2, 0) is 4.79 Å². The van der Waals surface area contributed by atoms with Gasteiger partial charge in [0.1, 0.15) is 5.69 Å². The molecule has 0 bridgehead atoms. The molecular formula is C17H14BrN3O3. The first-order chi connectivity index (χ1) is 11.5. The highest BCUT2D eigenvalue weighted by molar-refractivity contribution is 9.10. The number of hydrogen-bond acceptors (Lipinski definition) is 4. The first-order valence-corrected chi connectivity index (χ1v) is 8.14. The van der Waals surface area contributed by atoms with E-state index in [2.05, 4.69) is 26.2 Å². The fourth-order valence-corrected chi connectivity index (χ4v) is 2.72. The molecule has 24 heavy (non-hydrogen) atoms. The molecule has 0 aliphatic carbocycles. The number of benzene rings is 1. The number of imide groups is 1. The van der Waals surface area contributed by atoms with Crippen LogP contribution in [0.1, 0.15) is 32.8 Å². The molecule has 0 saturated carbocycles. The summed E-state index contributed by atoms with van der Waals surface area (Å²) in [6.45, 7) is 1.95. The van der Waals surface area contributed by atoms with Gasteiger partial charge < -0.3 is 5.32 Å². The molecule has 1 aliphatic rings. The smallest absolute Gasteiger partial charge is 0.280 e. The monoisotopic (exact) mass is 387 g/mol. The average Bonchev–Trinajstić information content (AvgIpc) is 2.81. The Balaban J connectivity index is 1.62. The van der Waals surface area contributed by atoms with Crippen LogP contribution in [0, 0.1) is 6.92 Å². The van der Waals surface area contributed by atoms with Gasteiger partial charge >= 0.3 is 0 Å². The normalized spacial score (nSPS) is 13.2. The minimum absolute atomic E-state index is 0.0232. The van der Waals surface area contributed by atoms with Gasteiger partial charge in [-0.05, 0) is 42.8 Å². The summed E-state index contributed by atoms with van der Waals surface area (Å²) in [4.78, 5) is 41.4. The van der Waals surface area contributed by atoms with Gasteiger partial charge in [-0.15, -0.1) is 0 Å². The number of hydrogen-bond donors (Lipinski definition) is 1. The average molecular weight is 388 g/mol. The lowest BCUT2D eigenvalue weighted by molar-refractivity contribution is -0.116. The van der Waals surface area contributed by atoms with Crippen molar-refractivity contribution in [1.29, 1.82) is 0 Å². The number of nitrogens with zero attached hydrogens (tertiary/aromatic N) is 2. The van der Waals surface area contributed by atoms with Crippen LogP contribution in [0.4, 0.5) is 5.69 Å². The Labute approximate surface area is 147 Å². The van der Waals surface area contributed by atoms with E-state index in [0.29, 0.717) is 5.69 Å². The summed E-state index contributed by atoms with van der Waals surface area (Å²) in [7, 11) is 0. The maximum absolute atomic E-state index is 12.2. The number of anilines is 1. The molecule has 3 amide bonds. The van der Waals surface area contributed by atoms with Gasteiger partial charge in [0.05, 0.1) is 5.56 Å². The largest absolute Gasteiger partial charge is 0.326 e. The topological polar surface area (TPSA) is 79.4 Å². The van der Waals surface area contributed by atoms with E-state index in [1.165, 1.54) is 6.20 Å². The zero-order valence-corrected chi connectivity index (χ0v) is 14.5. The predicted octanol–water partition coefficient (Wildman–Crippen LogP) is 2.78. The quantitative estimate of drug-likeness (QED) is 0.817. The summed E-state index contributed by atoms with van der Waals surface area (Å²) in [5.74, 6) is -1.13. The van der Waals surface area contributed by atoms with E-state index in [4.69, 9.17) is 0 Å². The van der Waals surface area contributed by atoms with Gasteiger partial charge in [-0.3, -0.25) is 24.3 Å². The van der Waals surface area contributed by atoms with Crippen LogP contribution in [0.2, 0.25) is 0 Å². The molecule has 2 heterocycles. The Hall–Kier alpha value is -2.54. The van der Waals surface area contributed by atoms with E-state index in [-0.39, 0.29) is 30.1 Å². The first kappa shape index (κ1) is 16.3. The van der Waals surface area contributed by atoms with E-state index < -0.39 is 11.8 Å². The number of amides is 3. The van der Waals surface area contributed by atoms with Gasteiger partial charge in [-0.25, -0.2) is 0 Å². The Kier molecular flexibility index (Phi) is 4.44. The third-order valence-electron chi connectivity index (χ3n) is 3.74. The molecule has 0 spiro atoms. The lowest BCUT2D eigenvalue weighted by Gasteiger charge is -2.13. The molecule has 7 heteroatoms. The summed E-state index contributed by atoms with van der Waals surface area (Å²) >= 11 is 3.40. The fraction of sp³-hybridized carbons (Fsp3) is 0.176. The molecule has 1 aliphatic heterocycles. The molecular weight excluding hydrogens is 374 g/mol. The molecule has 3 rings (SSSR count). The van der Waals surface area contributed by atoms with Crippen molar-refractivity contribution in [2.75, 3.05) is 11.9 Å². The number of fused-ring (bicyclic) bond motifs is 1. The van der Waals surface area contributed by atoms with Crippen molar-refractivity contribution >= 4 is 39.3 Å². The highest BCUT2D eigenvalue weighted by Gasteiger charge is 2.36. The van der Waals surface area contributed by atoms with Crippen molar-refractivity contribution in [3.05, 3.63) is 57.8 Å². The van der Waals surface area contributed by atoms with Crippen molar-refractivity contribution < 1.29 is 14.4 Å². The minimum Gasteiger partial charge on any atom is -0.326 e. The molecule has 1 aromatic heterocycles. The van der Waals surface area contributed by atoms with Gasteiger partial charge in [0, 0.05) is 29.3 Å². The lowest BCUT2D eigenvalue weighted by Crippen LogP contribution is -2.33. The van der Waals surface area contributed by atoms with Crippen LogP contribution in [-0.4, -0.2) is 34.2 Å². The van der Waals surface area contributed by atoms with Crippen molar-refractivity contribution in [2.24, 2.45) is 0 Å². The summed E-state index contributed by atoms with van der Waals surface area (Å²) in [5.41, 5.74) is 2.10. The third kappa shape index (κ3) is 3.07. The maximum atomic E-state index is 12.2. The first-order valence-electron chi connectivity index (χ1n) is 7.34. The van der Waals surface area contributed by atoms with Gasteiger partial charge in [0.15, 0.2) is 0 Å². The van der Waals surface area contributed by atoms with E-state index in [0.717, 1.165) is 14.9 Å². The summed E-state index contributed by atoms with van der Waals surface area (Å²) in [5, 5.41) is 2.76. The Bertz CT molecular complexity index is 816. The number of aryl methyl sites for hydroxylation is 1. The van der Waals surface area contributed by atoms with Crippen molar-refractivity contribution in [3.63, 3.8) is 0 Å². The highest BCUT2D eigenvalue weighted by atomic mass is 79.9. The van der Waals surface area contributed by atoms with Gasteiger partial charge in [0.25, 0.3) is 11.8 Å². The highest BCUT2D eigenvalue weighted by Crippen LogP contribution is 2.22. The van der Waals surface area contributed by atoms with Crippen LogP contribution in [0.15, 0.2) is 41.0 Å². The summed E-state index contributed by atoms with van der Waals surface area (Å²) in [6.07, 6.45) is 1.50. The van der Waals surface area contributed by atoms with E-state index >= 15 is 0 Å². The molecule has 122 valence electrons. The van der Waals surface area contributed by atoms with E-state index in [1.54, 1.807) is 18.2 Å². The van der Waals surface area contributed by atoms with Gasteiger partial charge in [0.2, 0.25) is 5.91 Å². The maximum Gasteiger partial charge on any atom is 0.280 e. The van der Waals surface area contributed by atoms with Crippen LogP contribution >= 0.6 is 15.9 Å². The Morgan fingerprint density at radius 1 is 1.25 bits per heavy atom. The van der Waals surface area contributed by atoms with E-state index in [9.17, 15) is 14.4 Å². The fourth-order valence-electron chi connectivity index (χ4n) is 2.48. The van der Waals surface area contributed by atoms with Gasteiger partial charge in [-0.1, -0.05) is 15.9 Å². The standard InChI is InChI=1S/C17H14BrN3O3/c1-10-9-11(4-5-13(10)18)20-14(22)6-8-21-16(23)12-3-2-7-19-15(12)17(21)24/h2-5,7,9H,6,8H2,1H3,(H,20,22). The molecule has 1 aromatic carbocycles. The molecule has 0 radical (unpaired) electrons. The lowest BCUT2D eigenvalue weighted by atomic mass is 10.2. The number of carbonyl (C=O) groups is 3. The number of nitrogens with one attached hydrogen (secondary N) is 1. The van der Waals surface area contributed by atoms with Crippen molar-refractivity contribution in [3.8, 4) is 0 Å². The van der Waals surface area contributed by atoms with Crippen molar-refractivity contribution in [2.45, 2.75) is 13.3 Å². The number of rotatable bonds is 4. The molecule has 6 nitrogen and oxygen atoms in total. The SMILES string of the molecule is Cc1cc(NC(=O)CCN2C(=O)c3cccnc3C2=O)ccc1Br. The molecule has 0 fully saturated rings. The predicted molar refractivity (Wildman–Crippen MR) is 91.7 cm³/mol. The van der Waals surface area contributed by atoms with Crippen LogP contribution < -0.4 is 5.32 Å². The molecule has 0 saturated heterocycles. The summed E-state index contributed by atoms with van der Waals surface area (Å²) in [6, 6.07) is 8.64. The van der Waals surface area contributed by atoms with Crippen molar-refractivity contribution in [1.82, 2.24) is 9.88 Å². The molecule has 1 N–H and O–H groups in total. The van der Waals surface area contributed by atoms with E-state index in [1.807, 2.05) is 19.1 Å². The van der Waals surface area contributed by atoms with Crippen LogP contribution in [0.3, 0.4) is 0 Å². The molecule has 0 atom stereocenters. The second-order valence-corrected chi connectivity index (χ2v) is 6.28. The number of aromatic nitrogens is 1. The second-order valence-electron chi connectivity index (χ2n) is 5.42. The zero-order chi connectivity index (χ0) is 17.3. The molecule has 2 aromatic rings. The van der Waals surface area contributed by atoms with Crippen LogP contribution in [0.25, 0.3) is 0 Å². The number of halogens is 1. The number of pyridine rings is 1. The molecule has 0 unspecified atom stereocenters. The second kappa shape index (κ2) is 6.52.